The molecule has 0 aromatic heterocycles. The smallest absolute Gasteiger partial charge is 0.432 e. The Hall–Kier alpha value is -3.96. The van der Waals surface area contributed by atoms with E-state index in [-0.39, 0.29) is 13.6 Å². The summed E-state index contributed by atoms with van der Waals surface area (Å²) < 4.78 is 76.2. The number of esters is 1. The molecule has 1 N–H and O–H groups in total. The van der Waals surface area contributed by atoms with Crippen LogP contribution >= 0.6 is 0 Å². The summed E-state index contributed by atoms with van der Waals surface area (Å²) in [5.74, 6) is -1.13. The number of rotatable bonds is 9. The third kappa shape index (κ3) is 5.15. The molecule has 0 saturated carbocycles. The second-order valence-electron chi connectivity index (χ2n) is 9.96. The number of aliphatic hydroxyl groups is 1. The molecule has 0 amide bonds. The summed E-state index contributed by atoms with van der Waals surface area (Å²) in [5.41, 5.74) is -2.94. The first-order valence-electron chi connectivity index (χ1n) is 12.9. The fourth-order valence-corrected chi connectivity index (χ4v) is 5.12. The highest BCUT2D eigenvalue weighted by molar-refractivity contribution is 5.83. The van der Waals surface area contributed by atoms with Crippen LogP contribution in [0.4, 0.5) is 13.2 Å². The van der Waals surface area contributed by atoms with Gasteiger partial charge in [0, 0.05) is 18.6 Å². The Bertz CT molecular complexity index is 1400. The molecule has 2 heterocycles. The third-order valence-electron chi connectivity index (χ3n) is 7.68. The standard InChI is InChI=1S/C30H29F3O8/c1-17(26(34)19-9-11-22-24(13-19)39-15-37-22)18(2)27(20-10-12-23-25(14-20)40-16-38-23)41-28(35)29(36-3,30(31,32)33)21-7-5-4-6-8-21/h4-14,17-18,26-27,34H,15-16H2,1-3H3/t17-,18-,26-,27-,29+/m0/s1. The fourth-order valence-electron chi connectivity index (χ4n) is 5.12. The van der Waals surface area contributed by atoms with E-state index >= 15 is 0 Å². The van der Waals surface area contributed by atoms with E-state index in [1.807, 2.05) is 0 Å². The van der Waals surface area contributed by atoms with E-state index in [1.54, 1.807) is 50.2 Å². The van der Waals surface area contributed by atoms with Gasteiger partial charge in [-0.25, -0.2) is 4.79 Å². The zero-order chi connectivity index (χ0) is 29.4. The number of aliphatic hydroxyl groups excluding tert-OH is 1. The quantitative estimate of drug-likeness (QED) is 0.319. The van der Waals surface area contributed by atoms with Gasteiger partial charge in [0.25, 0.3) is 5.60 Å². The fraction of sp³-hybridized carbons (Fsp3) is 0.367. The van der Waals surface area contributed by atoms with Gasteiger partial charge in [-0.05, 0) is 41.3 Å². The monoisotopic (exact) mass is 574 g/mol. The molecule has 5 atom stereocenters. The average molecular weight is 575 g/mol. The topological polar surface area (TPSA) is 92.7 Å². The zero-order valence-corrected chi connectivity index (χ0v) is 22.5. The number of carbonyl (C=O) groups is 1. The van der Waals surface area contributed by atoms with Crippen LogP contribution in [0.3, 0.4) is 0 Å². The number of carbonyl (C=O) groups excluding carboxylic acids is 1. The molecule has 5 rings (SSSR count). The Morgan fingerprint density at radius 2 is 1.34 bits per heavy atom. The predicted molar refractivity (Wildman–Crippen MR) is 138 cm³/mol. The van der Waals surface area contributed by atoms with Gasteiger partial charge < -0.3 is 33.5 Å². The van der Waals surface area contributed by atoms with Gasteiger partial charge in [0.05, 0.1) is 6.10 Å². The Morgan fingerprint density at radius 1 is 0.805 bits per heavy atom. The van der Waals surface area contributed by atoms with Crippen LogP contribution in [-0.2, 0) is 19.9 Å². The molecule has 3 aromatic carbocycles. The van der Waals surface area contributed by atoms with Crippen molar-refractivity contribution in [2.75, 3.05) is 20.7 Å². The predicted octanol–water partition coefficient (Wildman–Crippen LogP) is 5.84. The lowest BCUT2D eigenvalue weighted by atomic mass is 9.81. The molecule has 2 aliphatic rings. The SMILES string of the molecule is CO[C@@](C(=O)O[C@H](c1ccc2c(c1)OCO2)[C@@H](C)[C@H](C)[C@H](O)c1ccc2c(c1)OCO2)(c1ccccc1)C(F)(F)F. The summed E-state index contributed by atoms with van der Waals surface area (Å²) in [7, 11) is 0.812. The molecular formula is C30H29F3O8. The average Bonchev–Trinajstić information content (AvgIpc) is 3.64. The molecule has 3 aromatic rings. The highest BCUT2D eigenvalue weighted by Gasteiger charge is 2.64. The van der Waals surface area contributed by atoms with Crippen molar-refractivity contribution in [3.05, 3.63) is 83.4 Å². The maximum absolute atomic E-state index is 14.6. The molecule has 8 nitrogen and oxygen atoms in total. The van der Waals surface area contributed by atoms with Crippen molar-refractivity contribution in [1.29, 1.82) is 0 Å². The van der Waals surface area contributed by atoms with E-state index in [2.05, 4.69) is 0 Å². The van der Waals surface area contributed by atoms with E-state index in [0.29, 0.717) is 34.1 Å². The number of benzene rings is 3. The molecule has 41 heavy (non-hydrogen) atoms. The largest absolute Gasteiger partial charge is 0.455 e. The minimum atomic E-state index is -5.15. The number of ether oxygens (including phenoxy) is 6. The van der Waals surface area contributed by atoms with Crippen LogP contribution in [0, 0.1) is 11.8 Å². The molecule has 0 saturated heterocycles. The molecule has 0 radical (unpaired) electrons. The van der Waals surface area contributed by atoms with E-state index in [4.69, 9.17) is 28.4 Å². The van der Waals surface area contributed by atoms with Gasteiger partial charge in [-0.2, -0.15) is 13.2 Å². The highest BCUT2D eigenvalue weighted by atomic mass is 19.4. The number of alkyl halides is 3. The Balaban J connectivity index is 1.51. The Morgan fingerprint density at radius 3 is 1.90 bits per heavy atom. The first kappa shape index (κ1) is 28.6. The second kappa shape index (κ2) is 11.1. The van der Waals surface area contributed by atoms with Crippen LogP contribution < -0.4 is 18.9 Å². The molecule has 0 unspecified atom stereocenters. The van der Waals surface area contributed by atoms with Crippen molar-refractivity contribution in [1.82, 2.24) is 0 Å². The van der Waals surface area contributed by atoms with Gasteiger partial charge >= 0.3 is 12.1 Å². The second-order valence-corrected chi connectivity index (χ2v) is 9.96. The summed E-state index contributed by atoms with van der Waals surface area (Å²) in [4.78, 5) is 13.6. The summed E-state index contributed by atoms with van der Waals surface area (Å²) in [6.45, 7) is 3.45. The first-order valence-corrected chi connectivity index (χ1v) is 12.9. The van der Waals surface area contributed by atoms with Crippen molar-refractivity contribution >= 4 is 5.97 Å². The summed E-state index contributed by atoms with van der Waals surface area (Å²) >= 11 is 0. The van der Waals surface area contributed by atoms with Crippen LogP contribution in [0.25, 0.3) is 0 Å². The van der Waals surface area contributed by atoms with Gasteiger partial charge in [0.2, 0.25) is 13.6 Å². The van der Waals surface area contributed by atoms with Gasteiger partial charge in [-0.1, -0.05) is 56.3 Å². The van der Waals surface area contributed by atoms with Gasteiger partial charge in [-0.3, -0.25) is 0 Å². The Labute approximate surface area is 234 Å². The van der Waals surface area contributed by atoms with Crippen molar-refractivity contribution < 1.29 is 51.5 Å². The van der Waals surface area contributed by atoms with E-state index in [0.717, 1.165) is 19.2 Å². The summed E-state index contributed by atoms with van der Waals surface area (Å²) in [6, 6.07) is 16.3. The molecule has 0 bridgehead atoms. The van der Waals surface area contributed by atoms with Crippen LogP contribution in [0.1, 0.15) is 42.7 Å². The molecule has 0 spiro atoms. The van der Waals surface area contributed by atoms with Crippen LogP contribution in [0.15, 0.2) is 66.7 Å². The number of hydrogen-bond donors (Lipinski definition) is 1. The molecule has 11 heteroatoms. The molecule has 2 aliphatic heterocycles. The normalized spacial score (nSPS) is 18.2. The van der Waals surface area contributed by atoms with Crippen LogP contribution in [-0.4, -0.2) is 37.9 Å². The van der Waals surface area contributed by atoms with Crippen LogP contribution in [0.5, 0.6) is 23.0 Å². The number of fused-ring (bicyclic) bond motifs is 2. The maximum Gasteiger partial charge on any atom is 0.432 e. The molecular weight excluding hydrogens is 545 g/mol. The lowest BCUT2D eigenvalue weighted by Gasteiger charge is -2.37. The van der Waals surface area contributed by atoms with Crippen molar-refractivity contribution in [3.8, 4) is 23.0 Å². The Kier molecular flexibility index (Phi) is 7.76. The first-order chi connectivity index (χ1) is 19.6. The van der Waals surface area contributed by atoms with E-state index < -0.39 is 47.4 Å². The van der Waals surface area contributed by atoms with Gasteiger partial charge in [0.1, 0.15) is 6.10 Å². The van der Waals surface area contributed by atoms with Gasteiger partial charge in [-0.15, -0.1) is 0 Å². The molecule has 0 fully saturated rings. The summed E-state index contributed by atoms with van der Waals surface area (Å²) in [5, 5.41) is 11.3. The minimum Gasteiger partial charge on any atom is -0.455 e. The number of methoxy groups -OCH3 is 1. The van der Waals surface area contributed by atoms with E-state index in [9.17, 15) is 23.1 Å². The highest BCUT2D eigenvalue weighted by Crippen LogP contribution is 2.47. The minimum absolute atomic E-state index is 0.0209. The molecule has 0 aliphatic carbocycles. The zero-order valence-electron chi connectivity index (χ0n) is 22.5. The number of hydrogen-bond acceptors (Lipinski definition) is 8. The van der Waals surface area contributed by atoms with E-state index in [1.165, 1.54) is 18.2 Å². The van der Waals surface area contributed by atoms with Crippen molar-refractivity contribution in [2.45, 2.75) is 37.8 Å². The third-order valence-corrected chi connectivity index (χ3v) is 7.68. The van der Waals surface area contributed by atoms with Crippen LogP contribution in [0.2, 0.25) is 0 Å². The van der Waals surface area contributed by atoms with Gasteiger partial charge in [0.15, 0.2) is 23.0 Å². The molecule has 218 valence electrons. The number of halogens is 3. The lowest BCUT2D eigenvalue weighted by molar-refractivity contribution is -0.279. The summed E-state index contributed by atoms with van der Waals surface area (Å²) in [6.07, 6.45) is -7.48. The van der Waals surface area contributed by atoms with Crippen molar-refractivity contribution in [2.24, 2.45) is 11.8 Å². The maximum atomic E-state index is 14.6. The lowest BCUT2D eigenvalue weighted by Crippen LogP contribution is -2.52. The van der Waals surface area contributed by atoms with Crippen molar-refractivity contribution in [3.63, 3.8) is 0 Å².